The summed E-state index contributed by atoms with van der Waals surface area (Å²) >= 11 is 0. The van der Waals surface area contributed by atoms with Gasteiger partial charge in [0.1, 0.15) is 11.3 Å². The number of methoxy groups -OCH3 is 1. The molecule has 4 nitrogen and oxygen atoms in total. The fraction of sp³-hybridized carbons (Fsp3) is 0.143. The Morgan fingerprint density at radius 2 is 1.56 bits per heavy atom. The first-order chi connectivity index (χ1) is 12.1. The lowest BCUT2D eigenvalue weighted by molar-refractivity contribution is 0.0595. The summed E-state index contributed by atoms with van der Waals surface area (Å²) in [5.74, 6) is -0.149. The summed E-state index contributed by atoms with van der Waals surface area (Å²) < 4.78 is 9.98. The van der Waals surface area contributed by atoms with Crippen LogP contribution in [0.4, 0.5) is 0 Å². The molecule has 0 bridgehead atoms. The molecule has 1 aromatic heterocycles. The molecule has 126 valence electrons. The lowest BCUT2D eigenvalue weighted by atomic mass is 9.98. The number of benzene rings is 2. The number of ether oxygens (including phenoxy) is 1. The first kappa shape index (κ1) is 16.7. The van der Waals surface area contributed by atoms with Gasteiger partial charge in [-0.3, -0.25) is 0 Å². The van der Waals surface area contributed by atoms with Crippen LogP contribution in [0.3, 0.4) is 0 Å². The molecule has 0 fully saturated rings. The molecule has 0 saturated heterocycles. The number of hydrogen-bond acceptors (Lipinski definition) is 4. The summed E-state index contributed by atoms with van der Waals surface area (Å²) in [5, 5.41) is 0. The van der Waals surface area contributed by atoms with E-state index in [1.54, 1.807) is 6.07 Å². The Bertz CT molecular complexity index is 938. The summed E-state index contributed by atoms with van der Waals surface area (Å²) in [7, 11) is 1.24. The van der Waals surface area contributed by atoms with E-state index in [1.807, 2.05) is 61.5 Å². The van der Waals surface area contributed by atoms with Crippen LogP contribution in [0.15, 0.2) is 69.9 Å². The molecule has 0 spiro atoms. The highest BCUT2D eigenvalue weighted by atomic mass is 16.5. The summed E-state index contributed by atoms with van der Waals surface area (Å²) in [5.41, 5.74) is 3.05. The Morgan fingerprint density at radius 3 is 2.16 bits per heavy atom. The molecular formula is C21H18O4. The minimum absolute atomic E-state index is 0.0955. The largest absolute Gasteiger partial charge is 0.465 e. The van der Waals surface area contributed by atoms with E-state index >= 15 is 0 Å². The van der Waals surface area contributed by atoms with Crippen LogP contribution in [0, 0.1) is 0 Å². The lowest BCUT2D eigenvalue weighted by Gasteiger charge is -2.09. The number of hydrogen-bond donors (Lipinski definition) is 0. The zero-order valence-corrected chi connectivity index (χ0v) is 14.1. The third kappa shape index (κ3) is 3.38. The molecule has 0 radical (unpaired) electrons. The zero-order chi connectivity index (χ0) is 17.8. The quantitative estimate of drug-likeness (QED) is 0.667. The van der Waals surface area contributed by atoms with Crippen molar-refractivity contribution in [2.45, 2.75) is 13.3 Å². The highest BCUT2D eigenvalue weighted by molar-refractivity contribution is 5.90. The Hall–Kier alpha value is -3.14. The van der Waals surface area contributed by atoms with Crippen molar-refractivity contribution in [3.63, 3.8) is 0 Å². The van der Waals surface area contributed by atoms with Crippen LogP contribution in [-0.2, 0) is 11.2 Å². The summed E-state index contributed by atoms with van der Waals surface area (Å²) in [4.78, 5) is 23.7. The topological polar surface area (TPSA) is 56.5 Å². The van der Waals surface area contributed by atoms with Gasteiger partial charge in [-0.25, -0.2) is 9.59 Å². The first-order valence-electron chi connectivity index (χ1n) is 8.05. The van der Waals surface area contributed by atoms with Gasteiger partial charge in [0.2, 0.25) is 0 Å². The van der Waals surface area contributed by atoms with Crippen LogP contribution in [-0.4, -0.2) is 13.1 Å². The van der Waals surface area contributed by atoms with Gasteiger partial charge in [-0.2, -0.15) is 0 Å². The van der Waals surface area contributed by atoms with Gasteiger partial charge >= 0.3 is 11.6 Å². The maximum absolute atomic E-state index is 12.0. The molecule has 2 aromatic carbocycles. The molecule has 1 heterocycles. The predicted octanol–water partition coefficient (Wildman–Crippen LogP) is 4.32. The number of carbonyl (C=O) groups is 1. The normalized spacial score (nSPS) is 10.5. The predicted molar refractivity (Wildman–Crippen MR) is 96.6 cm³/mol. The van der Waals surface area contributed by atoms with Gasteiger partial charge in [0, 0.05) is 12.0 Å². The fourth-order valence-corrected chi connectivity index (χ4v) is 2.74. The Morgan fingerprint density at radius 1 is 0.960 bits per heavy atom. The molecule has 4 heteroatoms. The Kier molecular flexibility index (Phi) is 4.80. The number of carbonyl (C=O) groups excluding carboxylic acids is 1. The van der Waals surface area contributed by atoms with E-state index in [2.05, 4.69) is 4.74 Å². The van der Waals surface area contributed by atoms with Crippen LogP contribution in [0.5, 0.6) is 0 Å². The van der Waals surface area contributed by atoms with Crippen molar-refractivity contribution < 1.29 is 13.9 Å². The highest BCUT2D eigenvalue weighted by Gasteiger charge is 2.17. The van der Waals surface area contributed by atoms with E-state index in [4.69, 9.17) is 4.42 Å². The van der Waals surface area contributed by atoms with E-state index in [0.717, 1.165) is 22.3 Å². The third-order valence-corrected chi connectivity index (χ3v) is 4.05. The van der Waals surface area contributed by atoms with Crippen LogP contribution >= 0.6 is 0 Å². The lowest BCUT2D eigenvalue weighted by Crippen LogP contribution is -2.16. The van der Waals surface area contributed by atoms with Gasteiger partial charge < -0.3 is 9.15 Å². The van der Waals surface area contributed by atoms with Crippen LogP contribution in [0.2, 0.25) is 0 Å². The second-order valence-electron chi connectivity index (χ2n) is 5.57. The Labute approximate surface area is 145 Å². The zero-order valence-electron chi connectivity index (χ0n) is 14.1. The number of aryl methyl sites for hydroxylation is 1. The molecule has 0 N–H and O–H groups in total. The van der Waals surface area contributed by atoms with E-state index in [-0.39, 0.29) is 5.56 Å². The van der Waals surface area contributed by atoms with Crippen LogP contribution in [0.25, 0.3) is 22.3 Å². The van der Waals surface area contributed by atoms with Crippen molar-refractivity contribution in [2.75, 3.05) is 7.11 Å². The minimum atomic E-state index is -0.696. The average molecular weight is 334 g/mol. The second kappa shape index (κ2) is 7.18. The van der Waals surface area contributed by atoms with E-state index in [9.17, 15) is 9.59 Å². The maximum atomic E-state index is 12.0. The molecule has 3 aromatic rings. The molecular weight excluding hydrogens is 316 g/mol. The van der Waals surface area contributed by atoms with Crippen molar-refractivity contribution >= 4 is 5.97 Å². The minimum Gasteiger partial charge on any atom is -0.465 e. The molecule has 3 rings (SSSR count). The SMILES string of the molecule is CCc1oc(=O)c(C(=O)OC)cc1-c1ccc(-c2ccccc2)cc1. The molecule has 0 unspecified atom stereocenters. The van der Waals surface area contributed by atoms with Gasteiger partial charge in [-0.1, -0.05) is 61.5 Å². The van der Waals surface area contributed by atoms with Gasteiger partial charge in [0.15, 0.2) is 0 Å². The first-order valence-corrected chi connectivity index (χ1v) is 8.05. The second-order valence-corrected chi connectivity index (χ2v) is 5.57. The van der Waals surface area contributed by atoms with E-state index in [1.165, 1.54) is 7.11 Å². The average Bonchev–Trinajstić information content (AvgIpc) is 2.68. The maximum Gasteiger partial charge on any atom is 0.350 e. The third-order valence-electron chi connectivity index (χ3n) is 4.05. The number of rotatable bonds is 4. The molecule has 0 aliphatic heterocycles. The fourth-order valence-electron chi connectivity index (χ4n) is 2.74. The van der Waals surface area contributed by atoms with Crippen molar-refractivity contribution in [3.05, 3.63) is 82.4 Å². The van der Waals surface area contributed by atoms with Crippen molar-refractivity contribution in [3.8, 4) is 22.3 Å². The summed E-state index contributed by atoms with van der Waals surface area (Å²) in [6.07, 6.45) is 0.548. The molecule has 0 amide bonds. The molecule has 0 saturated carbocycles. The van der Waals surface area contributed by atoms with Crippen molar-refractivity contribution in [2.24, 2.45) is 0 Å². The van der Waals surface area contributed by atoms with Gasteiger partial charge in [0.25, 0.3) is 0 Å². The molecule has 0 atom stereocenters. The monoisotopic (exact) mass is 334 g/mol. The van der Waals surface area contributed by atoms with Gasteiger partial charge in [0.05, 0.1) is 7.11 Å². The number of esters is 1. The molecule has 0 aliphatic carbocycles. The molecule has 0 aliphatic rings. The molecule has 25 heavy (non-hydrogen) atoms. The van der Waals surface area contributed by atoms with E-state index in [0.29, 0.717) is 12.2 Å². The highest BCUT2D eigenvalue weighted by Crippen LogP contribution is 2.27. The van der Waals surface area contributed by atoms with E-state index < -0.39 is 11.6 Å². The van der Waals surface area contributed by atoms with Crippen LogP contribution in [0.1, 0.15) is 23.0 Å². The van der Waals surface area contributed by atoms with Crippen LogP contribution < -0.4 is 5.63 Å². The standard InChI is InChI=1S/C21H18O4/c1-3-19-17(13-18(20(22)24-2)21(23)25-19)16-11-9-15(10-12-16)14-7-5-4-6-8-14/h4-13H,3H2,1-2H3. The van der Waals surface area contributed by atoms with Gasteiger partial charge in [-0.15, -0.1) is 0 Å². The summed E-state index contributed by atoms with van der Waals surface area (Å²) in [6, 6.07) is 19.5. The van der Waals surface area contributed by atoms with Crippen molar-refractivity contribution in [1.29, 1.82) is 0 Å². The summed E-state index contributed by atoms with van der Waals surface area (Å²) in [6.45, 7) is 1.90. The van der Waals surface area contributed by atoms with Crippen molar-refractivity contribution in [1.82, 2.24) is 0 Å². The Balaban J connectivity index is 2.06. The smallest absolute Gasteiger partial charge is 0.350 e. The van der Waals surface area contributed by atoms with Gasteiger partial charge in [-0.05, 0) is 22.8 Å².